The zero-order chi connectivity index (χ0) is 6.78. The summed E-state index contributed by atoms with van der Waals surface area (Å²) in [5.74, 6) is 0.454. The van der Waals surface area contributed by atoms with E-state index in [1.54, 1.807) is 0 Å². The second-order valence-corrected chi connectivity index (χ2v) is 3.33. The zero-order valence-electron chi connectivity index (χ0n) is 5.81. The van der Waals surface area contributed by atoms with E-state index in [2.05, 4.69) is 26.5 Å². The molecule has 1 nitrogen and oxygen atoms in total. The Kier molecular flexibility index (Phi) is 2.84. The molecule has 8 heavy (non-hydrogen) atoms. The summed E-state index contributed by atoms with van der Waals surface area (Å²) in [6.07, 6.45) is 0.924. The monoisotopic (exact) mass is 133 g/mol. The molecule has 1 unspecified atom stereocenters. The number of nitrogens with two attached hydrogens (primary N) is 1. The molecule has 0 radical (unpaired) electrons. The number of hydrogen-bond donors (Lipinski definition) is 2. The van der Waals surface area contributed by atoms with Crippen molar-refractivity contribution in [1.29, 1.82) is 0 Å². The predicted molar refractivity (Wildman–Crippen MR) is 41.0 cm³/mol. The van der Waals surface area contributed by atoms with Gasteiger partial charge in [0, 0.05) is 0 Å². The van der Waals surface area contributed by atoms with Crippen LogP contribution in [0, 0.1) is 5.92 Å². The van der Waals surface area contributed by atoms with Crippen LogP contribution < -0.4 is 5.73 Å². The van der Waals surface area contributed by atoms with Gasteiger partial charge in [0.05, 0.1) is 4.87 Å². The lowest BCUT2D eigenvalue weighted by molar-refractivity contribution is 0.439. The SMILES string of the molecule is CCC(N)(S)C(C)C. The van der Waals surface area contributed by atoms with E-state index < -0.39 is 0 Å². The first-order chi connectivity index (χ1) is 3.50. The summed E-state index contributed by atoms with van der Waals surface area (Å²) >= 11 is 4.26. The molecule has 0 spiro atoms. The van der Waals surface area contributed by atoms with Gasteiger partial charge in [-0.25, -0.2) is 0 Å². The molecular weight excluding hydrogens is 118 g/mol. The molecular formula is C6H15NS. The molecule has 0 aromatic rings. The lowest BCUT2D eigenvalue weighted by Gasteiger charge is -2.25. The third kappa shape index (κ3) is 2.05. The molecule has 0 amide bonds. The minimum atomic E-state index is -0.264. The molecule has 0 aromatic heterocycles. The Morgan fingerprint density at radius 2 is 2.00 bits per heavy atom. The minimum Gasteiger partial charge on any atom is -0.317 e. The van der Waals surface area contributed by atoms with E-state index in [-0.39, 0.29) is 4.87 Å². The molecule has 50 valence electrons. The second kappa shape index (κ2) is 2.74. The molecule has 2 N–H and O–H groups in total. The van der Waals surface area contributed by atoms with E-state index >= 15 is 0 Å². The van der Waals surface area contributed by atoms with Crippen LogP contribution >= 0.6 is 12.6 Å². The average Bonchev–Trinajstić information content (AvgIpc) is 1.67. The van der Waals surface area contributed by atoms with Crippen molar-refractivity contribution in [2.24, 2.45) is 11.7 Å². The van der Waals surface area contributed by atoms with Gasteiger partial charge in [0.1, 0.15) is 0 Å². The maximum absolute atomic E-state index is 5.72. The van der Waals surface area contributed by atoms with Gasteiger partial charge in [-0.05, 0) is 12.3 Å². The van der Waals surface area contributed by atoms with Crippen LogP contribution in [0.25, 0.3) is 0 Å². The van der Waals surface area contributed by atoms with Crippen LogP contribution in [-0.4, -0.2) is 4.87 Å². The van der Waals surface area contributed by atoms with Crippen LogP contribution in [0.1, 0.15) is 27.2 Å². The highest BCUT2D eigenvalue weighted by Crippen LogP contribution is 2.20. The van der Waals surface area contributed by atoms with E-state index in [0.717, 1.165) is 6.42 Å². The van der Waals surface area contributed by atoms with Crippen LogP contribution in [-0.2, 0) is 0 Å². The topological polar surface area (TPSA) is 26.0 Å². The molecule has 0 aromatic carbocycles. The van der Waals surface area contributed by atoms with E-state index in [9.17, 15) is 0 Å². The van der Waals surface area contributed by atoms with Crippen molar-refractivity contribution in [3.05, 3.63) is 0 Å². The van der Waals surface area contributed by atoms with Crippen LogP contribution in [0.4, 0.5) is 0 Å². The lowest BCUT2D eigenvalue weighted by Crippen LogP contribution is -2.37. The van der Waals surface area contributed by atoms with Crippen molar-refractivity contribution in [2.45, 2.75) is 32.1 Å². The molecule has 0 fully saturated rings. The lowest BCUT2D eigenvalue weighted by atomic mass is 10.0. The van der Waals surface area contributed by atoms with E-state index in [1.165, 1.54) is 0 Å². The van der Waals surface area contributed by atoms with Crippen LogP contribution in [0.2, 0.25) is 0 Å². The van der Waals surface area contributed by atoms with Crippen molar-refractivity contribution in [3.63, 3.8) is 0 Å². The van der Waals surface area contributed by atoms with Gasteiger partial charge in [-0.2, -0.15) is 12.6 Å². The first-order valence-electron chi connectivity index (χ1n) is 3.02. The summed E-state index contributed by atoms with van der Waals surface area (Å²) in [6, 6.07) is 0. The fourth-order valence-corrected chi connectivity index (χ4v) is 0.408. The normalized spacial score (nSPS) is 18.8. The Morgan fingerprint density at radius 3 is 2.00 bits per heavy atom. The summed E-state index contributed by atoms with van der Waals surface area (Å²) in [5, 5.41) is 0. The first-order valence-corrected chi connectivity index (χ1v) is 3.46. The molecule has 0 aliphatic rings. The van der Waals surface area contributed by atoms with Crippen molar-refractivity contribution in [3.8, 4) is 0 Å². The van der Waals surface area contributed by atoms with Gasteiger partial charge in [-0.1, -0.05) is 20.8 Å². The van der Waals surface area contributed by atoms with Gasteiger partial charge in [-0.15, -0.1) is 0 Å². The van der Waals surface area contributed by atoms with Gasteiger partial charge in [-0.3, -0.25) is 0 Å². The molecule has 0 saturated carbocycles. The van der Waals surface area contributed by atoms with Crippen molar-refractivity contribution in [2.75, 3.05) is 0 Å². The third-order valence-electron chi connectivity index (χ3n) is 1.57. The number of thiol groups is 1. The summed E-state index contributed by atoms with van der Waals surface area (Å²) in [5.41, 5.74) is 5.72. The highest BCUT2D eigenvalue weighted by molar-refractivity contribution is 7.81. The molecule has 0 bridgehead atoms. The first kappa shape index (κ1) is 8.31. The molecule has 0 aliphatic heterocycles. The van der Waals surface area contributed by atoms with Crippen LogP contribution in [0.15, 0.2) is 0 Å². The Labute approximate surface area is 57.1 Å². The fourth-order valence-electron chi connectivity index (χ4n) is 0.408. The predicted octanol–water partition coefficient (Wildman–Crippen LogP) is 1.64. The number of hydrogen-bond acceptors (Lipinski definition) is 2. The average molecular weight is 133 g/mol. The highest BCUT2D eigenvalue weighted by atomic mass is 32.1. The van der Waals surface area contributed by atoms with Gasteiger partial charge >= 0.3 is 0 Å². The third-order valence-corrected chi connectivity index (χ3v) is 2.40. The molecule has 0 saturated heterocycles. The molecule has 1 atom stereocenters. The largest absolute Gasteiger partial charge is 0.317 e. The van der Waals surface area contributed by atoms with Gasteiger partial charge in [0.2, 0.25) is 0 Å². The van der Waals surface area contributed by atoms with Crippen molar-refractivity contribution < 1.29 is 0 Å². The number of rotatable bonds is 2. The summed E-state index contributed by atoms with van der Waals surface area (Å²) in [4.78, 5) is -0.264. The molecule has 0 aliphatic carbocycles. The maximum Gasteiger partial charge on any atom is 0.0611 e. The van der Waals surface area contributed by atoms with E-state index in [1.807, 2.05) is 6.92 Å². The standard InChI is InChI=1S/C6H15NS/c1-4-6(7,8)5(2)3/h5,8H,4,7H2,1-3H3. The Balaban J connectivity index is 3.71. The molecule has 0 heterocycles. The van der Waals surface area contributed by atoms with Gasteiger partial charge in [0.25, 0.3) is 0 Å². The molecule has 2 heteroatoms. The smallest absolute Gasteiger partial charge is 0.0611 e. The summed E-state index contributed by atoms with van der Waals surface area (Å²) in [6.45, 7) is 6.21. The Bertz CT molecular complexity index is 68.9. The maximum atomic E-state index is 5.72. The highest BCUT2D eigenvalue weighted by Gasteiger charge is 2.20. The van der Waals surface area contributed by atoms with Gasteiger partial charge < -0.3 is 5.73 Å². The van der Waals surface area contributed by atoms with Crippen molar-refractivity contribution in [1.82, 2.24) is 0 Å². The van der Waals surface area contributed by atoms with Crippen molar-refractivity contribution >= 4 is 12.6 Å². The quantitative estimate of drug-likeness (QED) is 0.434. The zero-order valence-corrected chi connectivity index (χ0v) is 6.70. The van der Waals surface area contributed by atoms with E-state index in [4.69, 9.17) is 5.73 Å². The summed E-state index contributed by atoms with van der Waals surface area (Å²) < 4.78 is 0. The molecule has 0 rings (SSSR count). The van der Waals surface area contributed by atoms with E-state index in [0.29, 0.717) is 5.92 Å². The Hall–Kier alpha value is 0.310. The fraction of sp³-hybridized carbons (Fsp3) is 1.00. The second-order valence-electron chi connectivity index (χ2n) is 2.50. The van der Waals surface area contributed by atoms with Crippen LogP contribution in [0.3, 0.4) is 0 Å². The van der Waals surface area contributed by atoms with Crippen LogP contribution in [0.5, 0.6) is 0 Å². The van der Waals surface area contributed by atoms with Gasteiger partial charge in [0.15, 0.2) is 0 Å². The summed E-state index contributed by atoms with van der Waals surface area (Å²) in [7, 11) is 0. The Morgan fingerprint density at radius 1 is 1.62 bits per heavy atom. The minimum absolute atomic E-state index is 0.264.